The van der Waals surface area contributed by atoms with Gasteiger partial charge in [0.25, 0.3) is 0 Å². The van der Waals surface area contributed by atoms with Crippen LogP contribution in [0.25, 0.3) is 0 Å². The Balaban J connectivity index is -0.000000320. The predicted octanol–water partition coefficient (Wildman–Crippen LogP) is -7.40. The van der Waals surface area contributed by atoms with Gasteiger partial charge in [0.2, 0.25) is 0 Å². The SMILES string of the molecule is O=S(=O)([O-])SS(=O)([O-])=[Se].[K+].[K+]. The van der Waals surface area contributed by atoms with Gasteiger partial charge in [-0.25, -0.2) is 0 Å². The second-order valence-corrected chi connectivity index (χ2v) is 11.0. The van der Waals surface area contributed by atoms with Crippen molar-refractivity contribution < 1.29 is 125 Å². The molecular formula is K2O5S3Se. The first-order valence-electron chi connectivity index (χ1n) is 1.33. The molecule has 11 heteroatoms. The predicted molar refractivity (Wildman–Crippen MR) is 32.0 cm³/mol. The second-order valence-electron chi connectivity index (χ2n) is 0.885. The zero-order chi connectivity index (χ0) is 7.71. The third-order valence-corrected chi connectivity index (χ3v) is 7.65. The fourth-order valence-corrected chi connectivity index (χ4v) is 6.61. The van der Waals surface area contributed by atoms with E-state index in [-0.39, 0.29) is 103 Å². The van der Waals surface area contributed by atoms with Crippen molar-refractivity contribution in [3.63, 3.8) is 0 Å². The molecule has 0 aliphatic rings. The molecule has 56 valence electrons. The number of rotatable bonds is 2. The average Bonchev–Trinajstić information content (AvgIpc) is 1.14. The summed E-state index contributed by atoms with van der Waals surface area (Å²) >= 11 is 1.53. The van der Waals surface area contributed by atoms with Crippen LogP contribution in [0.4, 0.5) is 0 Å². The van der Waals surface area contributed by atoms with Gasteiger partial charge in [-0.1, -0.05) is 0 Å². The molecule has 0 aromatic carbocycles. The van der Waals surface area contributed by atoms with Crippen molar-refractivity contribution >= 4 is 40.5 Å². The van der Waals surface area contributed by atoms with Gasteiger partial charge in [-0.3, -0.25) is 0 Å². The standard InChI is InChI=1S/2K.H2O5S3Se/c;;1-7(2,3)6-8(4,5)9/h;;(H,1,2,3)(H,4,5,9)/q2*+1;/p-2. The van der Waals surface area contributed by atoms with Gasteiger partial charge in [0, 0.05) is 0 Å². The van der Waals surface area contributed by atoms with Gasteiger partial charge < -0.3 is 0 Å². The molecule has 0 aromatic rings. The van der Waals surface area contributed by atoms with Crippen molar-refractivity contribution in [2.45, 2.75) is 0 Å². The Bertz CT molecular complexity index is 245. The molecular weight excluding hydrogens is 333 g/mol. The maximum Gasteiger partial charge on any atom is 1.00 e. The summed E-state index contributed by atoms with van der Waals surface area (Å²) in [6.45, 7) is 0. The summed E-state index contributed by atoms with van der Waals surface area (Å²) in [6.07, 6.45) is 0. The Morgan fingerprint density at radius 2 is 1.36 bits per heavy atom. The first-order chi connectivity index (χ1) is 3.71. The molecule has 0 rings (SSSR count). The fourth-order valence-electron chi connectivity index (χ4n) is 0.102. The zero-order valence-corrected chi connectivity index (χ0v) is 16.1. The van der Waals surface area contributed by atoms with E-state index in [1.54, 1.807) is 0 Å². The quantitative estimate of drug-likeness (QED) is 0.283. The minimum absolute atomic E-state index is 0. The van der Waals surface area contributed by atoms with Crippen LogP contribution < -0.4 is 103 Å². The van der Waals surface area contributed by atoms with E-state index in [0.29, 0.717) is 0 Å². The van der Waals surface area contributed by atoms with Gasteiger partial charge in [-0.15, -0.1) is 0 Å². The van der Waals surface area contributed by atoms with Crippen LogP contribution in [0.5, 0.6) is 0 Å². The molecule has 0 radical (unpaired) electrons. The van der Waals surface area contributed by atoms with Crippen LogP contribution in [-0.4, -0.2) is 36.1 Å². The molecule has 0 fully saturated rings. The molecule has 0 saturated carbocycles. The van der Waals surface area contributed by atoms with Crippen LogP contribution in [0.1, 0.15) is 0 Å². The number of hydrogen-bond acceptors (Lipinski definition) is 6. The average molecular weight is 333 g/mol. The van der Waals surface area contributed by atoms with Crippen molar-refractivity contribution in [1.82, 2.24) is 0 Å². The monoisotopic (exact) mass is 334 g/mol. The maximum atomic E-state index is 9.98. The third kappa shape index (κ3) is 20.3. The Kier molecular flexibility index (Phi) is 15.6. The molecule has 11 heavy (non-hydrogen) atoms. The van der Waals surface area contributed by atoms with Crippen molar-refractivity contribution in [2.75, 3.05) is 0 Å². The Morgan fingerprint density at radius 1 is 1.09 bits per heavy atom. The van der Waals surface area contributed by atoms with Crippen molar-refractivity contribution in [2.24, 2.45) is 0 Å². The maximum absolute atomic E-state index is 9.98. The molecule has 0 aromatic heterocycles. The molecule has 0 aliphatic heterocycles. The topological polar surface area (TPSA) is 97.3 Å². The van der Waals surface area contributed by atoms with Gasteiger partial charge in [0.15, 0.2) is 0 Å². The second kappa shape index (κ2) is 8.33. The molecule has 1 atom stereocenters. The molecule has 0 aliphatic carbocycles. The van der Waals surface area contributed by atoms with Crippen LogP contribution in [0.3, 0.4) is 0 Å². The Labute approximate surface area is 160 Å². The van der Waals surface area contributed by atoms with Gasteiger partial charge in [-0.05, 0) is 0 Å². The first-order valence-corrected chi connectivity index (χ1v) is 8.10. The van der Waals surface area contributed by atoms with Crippen LogP contribution in [0, 0.1) is 0 Å². The summed E-state index contributed by atoms with van der Waals surface area (Å²) in [6, 6.07) is 0. The molecule has 0 bridgehead atoms. The molecule has 0 heterocycles. The van der Waals surface area contributed by atoms with Crippen molar-refractivity contribution in [3.8, 4) is 0 Å². The summed E-state index contributed by atoms with van der Waals surface area (Å²) in [4.78, 5) is 0. The number of hydrogen-bond donors (Lipinski definition) is 0. The van der Waals surface area contributed by atoms with Crippen LogP contribution in [-0.2, 0) is 16.3 Å². The van der Waals surface area contributed by atoms with E-state index in [0.717, 1.165) is 0 Å². The summed E-state index contributed by atoms with van der Waals surface area (Å²) < 4.78 is 48.9. The Morgan fingerprint density at radius 3 is 1.36 bits per heavy atom. The summed E-state index contributed by atoms with van der Waals surface area (Å²) in [5.74, 6) is 0. The van der Waals surface area contributed by atoms with Crippen LogP contribution >= 0.6 is 9.83 Å². The Hall–Kier alpha value is 4.16. The van der Waals surface area contributed by atoms with Gasteiger partial charge in [-0.2, -0.15) is 0 Å². The van der Waals surface area contributed by atoms with Gasteiger partial charge in [0.05, 0.1) is 0 Å². The zero-order valence-electron chi connectivity index (χ0n) is 5.67. The molecule has 1 unspecified atom stereocenters. The van der Waals surface area contributed by atoms with Crippen molar-refractivity contribution in [1.29, 1.82) is 0 Å². The fraction of sp³-hybridized carbons (Fsp3) is 0. The molecule has 0 amide bonds. The summed E-state index contributed by atoms with van der Waals surface area (Å²) in [5, 5.41) is 0. The van der Waals surface area contributed by atoms with E-state index in [2.05, 4.69) is 0 Å². The largest absolute Gasteiger partial charge is 1.00 e. The van der Waals surface area contributed by atoms with E-state index in [1.807, 2.05) is 0 Å². The summed E-state index contributed by atoms with van der Waals surface area (Å²) in [5.41, 5.74) is 0. The normalized spacial score (nSPS) is 15.5. The molecule has 5 nitrogen and oxygen atoms in total. The van der Waals surface area contributed by atoms with E-state index in [1.165, 1.54) is 14.4 Å². The molecule has 0 N–H and O–H groups in total. The van der Waals surface area contributed by atoms with Gasteiger partial charge >= 0.3 is 165 Å². The first kappa shape index (κ1) is 20.6. The minimum Gasteiger partial charge on any atom is 1.00 e. The van der Waals surface area contributed by atoms with Gasteiger partial charge in [0.1, 0.15) is 0 Å². The molecule has 0 saturated heterocycles. The van der Waals surface area contributed by atoms with Crippen LogP contribution in [0.15, 0.2) is 0 Å². The smallest absolute Gasteiger partial charge is 1.00 e. The van der Waals surface area contributed by atoms with E-state index >= 15 is 0 Å². The van der Waals surface area contributed by atoms with E-state index < -0.39 is 26.1 Å². The minimum atomic E-state index is -4.73. The molecule has 0 spiro atoms. The van der Waals surface area contributed by atoms with E-state index in [4.69, 9.17) is 0 Å². The third-order valence-electron chi connectivity index (χ3n) is 0.167. The summed E-state index contributed by atoms with van der Waals surface area (Å²) in [7, 11) is -9.28. The van der Waals surface area contributed by atoms with Crippen molar-refractivity contribution in [3.05, 3.63) is 0 Å². The van der Waals surface area contributed by atoms with E-state index in [9.17, 15) is 21.7 Å². The van der Waals surface area contributed by atoms with Crippen LogP contribution in [0.2, 0.25) is 0 Å².